The molecule has 3 heterocycles. The summed E-state index contributed by atoms with van der Waals surface area (Å²) in [5.41, 5.74) is 6.84. The fourth-order valence-corrected chi connectivity index (χ4v) is 4.13. The Morgan fingerprint density at radius 3 is 2.76 bits per heavy atom. The number of benzene rings is 2. The molecule has 33 heavy (non-hydrogen) atoms. The Morgan fingerprint density at radius 1 is 1.06 bits per heavy atom. The van der Waals surface area contributed by atoms with Gasteiger partial charge >= 0.3 is 0 Å². The number of hydrogen-bond donors (Lipinski definition) is 1. The van der Waals surface area contributed by atoms with Crippen molar-refractivity contribution >= 4 is 28.7 Å². The van der Waals surface area contributed by atoms with Gasteiger partial charge in [-0.1, -0.05) is 47.5 Å². The summed E-state index contributed by atoms with van der Waals surface area (Å²) in [6.07, 6.45) is 4.56. The van der Waals surface area contributed by atoms with Crippen LogP contribution in [0.1, 0.15) is 28.9 Å². The lowest BCUT2D eigenvalue weighted by molar-refractivity contribution is -0.121. The van der Waals surface area contributed by atoms with E-state index in [4.69, 9.17) is 16.7 Å². The van der Waals surface area contributed by atoms with Crippen molar-refractivity contribution in [3.63, 3.8) is 0 Å². The van der Waals surface area contributed by atoms with Crippen LogP contribution in [-0.4, -0.2) is 30.1 Å². The monoisotopic (exact) mass is 458 g/mol. The highest BCUT2D eigenvalue weighted by molar-refractivity contribution is 6.31. The highest BCUT2D eigenvalue weighted by Crippen LogP contribution is 2.26. The summed E-state index contributed by atoms with van der Waals surface area (Å²) >= 11 is 6.16. The van der Waals surface area contributed by atoms with Gasteiger partial charge in [-0.15, -0.1) is 10.2 Å². The molecule has 3 aromatic heterocycles. The molecule has 0 radical (unpaired) electrons. The molecule has 0 aliphatic heterocycles. The maximum absolute atomic E-state index is 12.4. The van der Waals surface area contributed by atoms with E-state index in [0.29, 0.717) is 30.1 Å². The lowest BCUT2D eigenvalue weighted by Gasteiger charge is -2.06. The SMILES string of the molecule is Cc1ccc(C)c(-c2cc3c4nnc(CCC(=O)NCc5ccccc5Cl)n4ccn3n2)c1. The number of aromatic nitrogens is 5. The third-order valence-electron chi connectivity index (χ3n) is 5.77. The number of aryl methyl sites for hydroxylation is 3. The predicted molar refractivity (Wildman–Crippen MR) is 128 cm³/mol. The fourth-order valence-electron chi connectivity index (χ4n) is 3.92. The van der Waals surface area contributed by atoms with Crippen LogP contribution in [0.25, 0.3) is 22.4 Å². The second-order valence-corrected chi connectivity index (χ2v) is 8.56. The van der Waals surface area contributed by atoms with Gasteiger partial charge in [0.05, 0.1) is 5.69 Å². The van der Waals surface area contributed by atoms with Gasteiger partial charge in [-0.25, -0.2) is 4.52 Å². The number of hydrogen-bond acceptors (Lipinski definition) is 4. The van der Waals surface area contributed by atoms with Crippen molar-refractivity contribution in [2.75, 3.05) is 0 Å². The Bertz CT molecular complexity index is 1490. The molecule has 0 saturated carbocycles. The first-order valence-electron chi connectivity index (χ1n) is 10.8. The highest BCUT2D eigenvalue weighted by atomic mass is 35.5. The maximum Gasteiger partial charge on any atom is 0.220 e. The molecule has 2 aromatic carbocycles. The van der Waals surface area contributed by atoms with Gasteiger partial charge < -0.3 is 5.32 Å². The van der Waals surface area contributed by atoms with Crippen LogP contribution in [0.3, 0.4) is 0 Å². The Balaban J connectivity index is 1.34. The topological polar surface area (TPSA) is 76.6 Å². The van der Waals surface area contributed by atoms with E-state index in [1.54, 1.807) is 0 Å². The van der Waals surface area contributed by atoms with E-state index in [9.17, 15) is 4.79 Å². The zero-order valence-electron chi connectivity index (χ0n) is 18.4. The second-order valence-electron chi connectivity index (χ2n) is 8.15. The fraction of sp³-hybridized carbons (Fsp3) is 0.200. The minimum Gasteiger partial charge on any atom is -0.352 e. The number of nitrogens with zero attached hydrogens (tertiary/aromatic N) is 5. The molecule has 8 heteroatoms. The van der Waals surface area contributed by atoms with Crippen LogP contribution in [0.4, 0.5) is 0 Å². The Kier molecular flexibility index (Phi) is 5.56. The van der Waals surface area contributed by atoms with Crippen molar-refractivity contribution in [2.45, 2.75) is 33.2 Å². The van der Waals surface area contributed by atoms with E-state index in [1.165, 1.54) is 11.1 Å². The first-order valence-corrected chi connectivity index (χ1v) is 11.2. The highest BCUT2D eigenvalue weighted by Gasteiger charge is 2.14. The van der Waals surface area contributed by atoms with Crippen molar-refractivity contribution < 1.29 is 4.79 Å². The summed E-state index contributed by atoms with van der Waals surface area (Å²) in [6.45, 7) is 4.56. The molecular formula is C25H23ClN6O. The number of nitrogens with one attached hydrogen (secondary N) is 1. The van der Waals surface area contributed by atoms with Crippen LogP contribution in [0.5, 0.6) is 0 Å². The van der Waals surface area contributed by atoms with E-state index in [0.717, 1.165) is 28.2 Å². The first-order chi connectivity index (χ1) is 16.0. The smallest absolute Gasteiger partial charge is 0.220 e. The predicted octanol–water partition coefficient (Wildman–Crippen LogP) is 4.56. The van der Waals surface area contributed by atoms with E-state index in [-0.39, 0.29) is 5.91 Å². The molecule has 0 aliphatic carbocycles. The van der Waals surface area contributed by atoms with Crippen LogP contribution >= 0.6 is 11.6 Å². The van der Waals surface area contributed by atoms with E-state index >= 15 is 0 Å². The van der Waals surface area contributed by atoms with Gasteiger partial charge in [0.15, 0.2) is 5.65 Å². The molecule has 1 amide bonds. The van der Waals surface area contributed by atoms with Crippen LogP contribution in [0, 0.1) is 13.8 Å². The molecule has 0 fully saturated rings. The number of rotatable bonds is 6. The molecule has 5 rings (SSSR count). The summed E-state index contributed by atoms with van der Waals surface area (Å²) in [4.78, 5) is 12.4. The van der Waals surface area contributed by atoms with Gasteiger partial charge in [-0.3, -0.25) is 9.20 Å². The first kappa shape index (κ1) is 21.2. The Morgan fingerprint density at radius 2 is 1.91 bits per heavy atom. The number of carbonyl (C=O) groups is 1. The number of halogens is 1. The average molecular weight is 459 g/mol. The summed E-state index contributed by atoms with van der Waals surface area (Å²) in [6, 6.07) is 15.9. The number of amides is 1. The summed E-state index contributed by atoms with van der Waals surface area (Å²) < 4.78 is 3.74. The molecule has 166 valence electrons. The molecule has 0 bridgehead atoms. The zero-order chi connectivity index (χ0) is 22.9. The molecule has 1 N–H and O–H groups in total. The minimum absolute atomic E-state index is 0.0608. The van der Waals surface area contributed by atoms with E-state index < -0.39 is 0 Å². The van der Waals surface area contributed by atoms with Gasteiger partial charge in [0.1, 0.15) is 11.3 Å². The Hall–Kier alpha value is -3.71. The van der Waals surface area contributed by atoms with Crippen LogP contribution in [0.2, 0.25) is 5.02 Å². The largest absolute Gasteiger partial charge is 0.352 e. The molecule has 0 saturated heterocycles. The molecule has 7 nitrogen and oxygen atoms in total. The third-order valence-corrected chi connectivity index (χ3v) is 6.14. The standard InChI is InChI=1S/C25H23ClN6O/c1-16-7-8-17(2)19(13-16)21-14-22-25-29-28-23(31(25)11-12-32(22)30-21)9-10-24(33)27-15-18-5-3-4-6-20(18)26/h3-8,11-14H,9-10,15H2,1-2H3,(H,27,33). The molecule has 5 aromatic rings. The third kappa shape index (κ3) is 4.19. The van der Waals surface area contributed by atoms with Crippen molar-refractivity contribution in [1.29, 1.82) is 0 Å². The van der Waals surface area contributed by atoms with Crippen molar-refractivity contribution in [3.05, 3.63) is 88.5 Å². The normalized spacial score (nSPS) is 11.4. The number of fused-ring (bicyclic) bond motifs is 3. The van der Waals surface area contributed by atoms with Gasteiger partial charge in [0.25, 0.3) is 0 Å². The molecule has 0 atom stereocenters. The van der Waals surface area contributed by atoms with Crippen molar-refractivity contribution in [2.24, 2.45) is 0 Å². The van der Waals surface area contributed by atoms with E-state index in [2.05, 4.69) is 47.6 Å². The lowest BCUT2D eigenvalue weighted by atomic mass is 10.0. The molecule has 0 aliphatic rings. The van der Waals surface area contributed by atoms with E-state index in [1.807, 2.05) is 51.6 Å². The number of carbonyl (C=O) groups excluding carboxylic acids is 1. The molecule has 0 spiro atoms. The van der Waals surface area contributed by atoms with Gasteiger partial charge in [-0.2, -0.15) is 5.10 Å². The zero-order valence-corrected chi connectivity index (χ0v) is 19.2. The summed E-state index contributed by atoms with van der Waals surface area (Å²) in [5.74, 6) is 0.671. The van der Waals surface area contributed by atoms with Gasteiger partial charge in [0.2, 0.25) is 5.91 Å². The average Bonchev–Trinajstić information content (AvgIpc) is 3.42. The van der Waals surface area contributed by atoms with Crippen LogP contribution < -0.4 is 5.32 Å². The summed E-state index contributed by atoms with van der Waals surface area (Å²) in [5, 5.41) is 17.0. The molecule has 0 unspecified atom stereocenters. The molecular weight excluding hydrogens is 436 g/mol. The van der Waals surface area contributed by atoms with Gasteiger partial charge in [0, 0.05) is 42.4 Å². The second kappa shape index (κ2) is 8.67. The quantitative estimate of drug-likeness (QED) is 0.404. The van der Waals surface area contributed by atoms with Crippen molar-refractivity contribution in [3.8, 4) is 11.3 Å². The van der Waals surface area contributed by atoms with Crippen LogP contribution in [0.15, 0.2) is 60.9 Å². The van der Waals surface area contributed by atoms with Crippen LogP contribution in [-0.2, 0) is 17.8 Å². The van der Waals surface area contributed by atoms with Gasteiger partial charge in [-0.05, 0) is 43.2 Å². The maximum atomic E-state index is 12.4. The van der Waals surface area contributed by atoms with Crippen molar-refractivity contribution in [1.82, 2.24) is 29.5 Å². The summed E-state index contributed by atoms with van der Waals surface area (Å²) in [7, 11) is 0. The lowest BCUT2D eigenvalue weighted by Crippen LogP contribution is -2.23. The Labute approximate surface area is 196 Å². The minimum atomic E-state index is -0.0608.